The van der Waals surface area contributed by atoms with Crippen molar-refractivity contribution in [2.75, 3.05) is 17.8 Å². The molecule has 0 amide bonds. The Bertz CT molecular complexity index is 732. The number of carboxylic acid groups (broad SMARTS) is 1. The lowest BCUT2D eigenvalue weighted by Gasteiger charge is -2.10. The van der Waals surface area contributed by atoms with Crippen molar-refractivity contribution < 1.29 is 26.7 Å². The number of aromatic carboxylic acids is 1. The van der Waals surface area contributed by atoms with Gasteiger partial charge < -0.3 is 5.11 Å². The van der Waals surface area contributed by atoms with Gasteiger partial charge in [-0.1, -0.05) is 13.0 Å². The lowest BCUT2D eigenvalue weighted by molar-refractivity contribution is 0.0696. The van der Waals surface area contributed by atoms with Crippen molar-refractivity contribution in [3.8, 4) is 0 Å². The molecule has 21 heavy (non-hydrogen) atoms. The molecule has 8 heteroatoms. The molecule has 1 aromatic carbocycles. The summed E-state index contributed by atoms with van der Waals surface area (Å²) in [6.07, 6.45) is 1.48. The van der Waals surface area contributed by atoms with E-state index in [-0.39, 0.29) is 28.4 Å². The predicted molar refractivity (Wildman–Crippen MR) is 79.2 cm³/mol. The van der Waals surface area contributed by atoms with Gasteiger partial charge in [-0.25, -0.2) is 21.6 Å². The molecule has 0 atom stereocenters. The summed E-state index contributed by atoms with van der Waals surface area (Å²) >= 11 is 0. The van der Waals surface area contributed by atoms with Crippen LogP contribution in [0.1, 0.15) is 29.3 Å². The second-order valence-electron chi connectivity index (χ2n) is 4.78. The van der Waals surface area contributed by atoms with E-state index in [0.29, 0.717) is 12.0 Å². The highest BCUT2D eigenvalue weighted by Gasteiger charge is 2.20. The fourth-order valence-corrected chi connectivity index (χ4v) is 4.40. The molecule has 0 fully saturated rings. The topological polar surface area (TPSA) is 106 Å². The molecule has 1 rings (SSSR count). The molecular weight excluding hydrogens is 316 g/mol. The first-order valence-electron chi connectivity index (χ1n) is 6.33. The van der Waals surface area contributed by atoms with E-state index in [1.165, 1.54) is 12.1 Å². The van der Waals surface area contributed by atoms with Gasteiger partial charge in [-0.3, -0.25) is 0 Å². The minimum absolute atomic E-state index is 0.0123. The largest absolute Gasteiger partial charge is 0.478 e. The number of carboxylic acids is 1. The molecule has 0 aliphatic rings. The fourth-order valence-electron chi connectivity index (χ4n) is 1.89. The third kappa shape index (κ3) is 5.13. The smallest absolute Gasteiger partial charge is 0.335 e. The second-order valence-corrected chi connectivity index (χ2v) is 9.12. The second kappa shape index (κ2) is 6.57. The van der Waals surface area contributed by atoms with Gasteiger partial charge in [0, 0.05) is 6.26 Å². The van der Waals surface area contributed by atoms with E-state index >= 15 is 0 Å². The van der Waals surface area contributed by atoms with E-state index in [2.05, 4.69) is 0 Å². The lowest BCUT2D eigenvalue weighted by atomic mass is 10.1. The van der Waals surface area contributed by atoms with Crippen LogP contribution in [0.2, 0.25) is 0 Å². The first-order valence-corrected chi connectivity index (χ1v) is 10.0. The predicted octanol–water partition coefficient (Wildman–Crippen LogP) is 1.16. The third-order valence-electron chi connectivity index (χ3n) is 2.96. The van der Waals surface area contributed by atoms with E-state index in [1.54, 1.807) is 6.92 Å². The maximum absolute atomic E-state index is 12.3. The Morgan fingerprint density at radius 3 is 2.24 bits per heavy atom. The Kier molecular flexibility index (Phi) is 5.52. The monoisotopic (exact) mass is 334 g/mol. The molecule has 0 aliphatic carbocycles. The number of aryl methyl sites for hydroxylation is 1. The van der Waals surface area contributed by atoms with Gasteiger partial charge in [-0.05, 0) is 30.5 Å². The average molecular weight is 334 g/mol. The highest BCUT2D eigenvalue weighted by molar-refractivity contribution is 7.92. The van der Waals surface area contributed by atoms with Gasteiger partial charge in [-0.15, -0.1) is 0 Å². The maximum Gasteiger partial charge on any atom is 0.335 e. The Balaban J connectivity index is 3.11. The van der Waals surface area contributed by atoms with E-state index in [1.807, 2.05) is 0 Å². The van der Waals surface area contributed by atoms with Gasteiger partial charge in [0.1, 0.15) is 9.84 Å². The number of carbonyl (C=O) groups is 1. The first kappa shape index (κ1) is 17.6. The molecule has 0 saturated carbocycles. The summed E-state index contributed by atoms with van der Waals surface area (Å²) in [4.78, 5) is 10.9. The van der Waals surface area contributed by atoms with Crippen molar-refractivity contribution in [1.29, 1.82) is 0 Å². The highest BCUT2D eigenvalue weighted by atomic mass is 32.2. The maximum atomic E-state index is 12.3. The van der Waals surface area contributed by atoms with Crippen LogP contribution in [0.25, 0.3) is 0 Å². The van der Waals surface area contributed by atoms with Crippen LogP contribution < -0.4 is 0 Å². The molecule has 118 valence electrons. The standard InChI is InChI=1S/C13H18O6S2/c1-3-10-5-6-11(13(14)15)9-12(10)21(18,19)8-4-7-20(2,16)17/h5-6,9H,3-4,7-8H2,1-2H3,(H,14,15). The van der Waals surface area contributed by atoms with Crippen molar-refractivity contribution in [1.82, 2.24) is 0 Å². The summed E-state index contributed by atoms with van der Waals surface area (Å²) in [6.45, 7) is 1.77. The van der Waals surface area contributed by atoms with Crippen LogP contribution in [0.4, 0.5) is 0 Å². The van der Waals surface area contributed by atoms with Gasteiger partial charge in [0.2, 0.25) is 0 Å². The first-order chi connectivity index (χ1) is 9.57. The van der Waals surface area contributed by atoms with Crippen molar-refractivity contribution in [2.24, 2.45) is 0 Å². The molecule has 0 aromatic heterocycles. The van der Waals surface area contributed by atoms with Gasteiger partial charge in [-0.2, -0.15) is 0 Å². The minimum atomic E-state index is -3.71. The minimum Gasteiger partial charge on any atom is -0.478 e. The molecule has 0 bridgehead atoms. The Labute approximate surface area is 124 Å². The van der Waals surface area contributed by atoms with Crippen LogP contribution in [0.15, 0.2) is 23.1 Å². The molecule has 0 aliphatic heterocycles. The average Bonchev–Trinajstić information content (AvgIpc) is 2.36. The zero-order valence-electron chi connectivity index (χ0n) is 11.9. The fraction of sp³-hybridized carbons (Fsp3) is 0.462. The molecule has 1 N–H and O–H groups in total. The van der Waals surface area contributed by atoms with Gasteiger partial charge in [0.05, 0.1) is 22.0 Å². The van der Waals surface area contributed by atoms with Crippen LogP contribution >= 0.6 is 0 Å². The Morgan fingerprint density at radius 2 is 1.76 bits per heavy atom. The quantitative estimate of drug-likeness (QED) is 0.802. The normalized spacial score (nSPS) is 12.3. The van der Waals surface area contributed by atoms with Gasteiger partial charge in [0.25, 0.3) is 0 Å². The summed E-state index contributed by atoms with van der Waals surface area (Å²) in [5.41, 5.74) is 0.424. The number of benzene rings is 1. The molecule has 1 aromatic rings. The Morgan fingerprint density at radius 1 is 1.14 bits per heavy atom. The summed E-state index contributed by atoms with van der Waals surface area (Å²) in [6, 6.07) is 3.97. The zero-order valence-corrected chi connectivity index (χ0v) is 13.5. The number of hydrogen-bond donors (Lipinski definition) is 1. The van der Waals surface area contributed by atoms with Crippen molar-refractivity contribution in [3.05, 3.63) is 29.3 Å². The number of rotatable bonds is 7. The highest BCUT2D eigenvalue weighted by Crippen LogP contribution is 2.21. The van der Waals surface area contributed by atoms with Crippen LogP contribution in [0, 0.1) is 0 Å². The van der Waals surface area contributed by atoms with Crippen molar-refractivity contribution >= 4 is 25.6 Å². The van der Waals surface area contributed by atoms with Crippen LogP contribution in [-0.4, -0.2) is 45.7 Å². The molecule has 0 radical (unpaired) electrons. The summed E-state index contributed by atoms with van der Waals surface area (Å²) < 4.78 is 46.7. The van der Waals surface area contributed by atoms with Crippen molar-refractivity contribution in [2.45, 2.75) is 24.7 Å². The zero-order chi connectivity index (χ0) is 16.3. The summed E-state index contributed by atoms with van der Waals surface area (Å²) in [5, 5.41) is 8.95. The molecule has 6 nitrogen and oxygen atoms in total. The van der Waals surface area contributed by atoms with E-state index in [9.17, 15) is 21.6 Å². The summed E-state index contributed by atoms with van der Waals surface area (Å²) in [7, 11) is -6.93. The summed E-state index contributed by atoms with van der Waals surface area (Å²) in [5.74, 6) is -1.74. The van der Waals surface area contributed by atoms with E-state index < -0.39 is 25.6 Å². The van der Waals surface area contributed by atoms with E-state index in [0.717, 1.165) is 12.3 Å². The van der Waals surface area contributed by atoms with E-state index in [4.69, 9.17) is 5.11 Å². The lowest BCUT2D eigenvalue weighted by Crippen LogP contribution is -2.14. The Hall–Kier alpha value is -1.41. The third-order valence-corrected chi connectivity index (χ3v) is 5.86. The van der Waals surface area contributed by atoms with Crippen molar-refractivity contribution in [3.63, 3.8) is 0 Å². The molecule has 0 saturated heterocycles. The van der Waals surface area contributed by atoms with Gasteiger partial charge in [0.15, 0.2) is 9.84 Å². The van der Waals surface area contributed by atoms with Gasteiger partial charge >= 0.3 is 5.97 Å². The SMILES string of the molecule is CCc1ccc(C(=O)O)cc1S(=O)(=O)CCCS(C)(=O)=O. The molecule has 0 unspecified atom stereocenters. The number of sulfone groups is 2. The number of hydrogen-bond acceptors (Lipinski definition) is 5. The van der Waals surface area contributed by atoms with Crippen LogP contribution in [0.5, 0.6) is 0 Å². The van der Waals surface area contributed by atoms with Crippen LogP contribution in [-0.2, 0) is 26.1 Å². The molecular formula is C13H18O6S2. The molecule has 0 heterocycles. The molecule has 0 spiro atoms. The van der Waals surface area contributed by atoms with Crippen LogP contribution in [0.3, 0.4) is 0 Å².